The van der Waals surface area contributed by atoms with Crippen molar-refractivity contribution >= 4 is 0 Å². The van der Waals surface area contributed by atoms with Gasteiger partial charge < -0.3 is 0 Å². The molecule has 0 unspecified atom stereocenters. The average Bonchev–Trinajstić information content (AvgIpc) is 2.54. The van der Waals surface area contributed by atoms with E-state index in [4.69, 9.17) is 0 Å². The predicted molar refractivity (Wildman–Crippen MR) is 91.4 cm³/mol. The Morgan fingerprint density at radius 3 is 2.35 bits per heavy atom. The van der Waals surface area contributed by atoms with Crippen LogP contribution in [-0.4, -0.2) is 0 Å². The molecule has 0 radical (unpaired) electrons. The SMILES string of the molecule is CCCCCCc1cc(C)c(C#Cc2ccc(F)cc2)cc1F. The Kier molecular flexibility index (Phi) is 6.35. The molecule has 23 heavy (non-hydrogen) atoms. The highest BCUT2D eigenvalue weighted by Gasteiger charge is 2.06. The number of rotatable bonds is 5. The molecule has 2 aromatic rings. The first-order valence-corrected chi connectivity index (χ1v) is 8.16. The van der Waals surface area contributed by atoms with Crippen LogP contribution in [0.15, 0.2) is 36.4 Å². The predicted octanol–water partition coefficient (Wildman–Crippen LogP) is 5.80. The van der Waals surface area contributed by atoms with Gasteiger partial charge in [0, 0.05) is 11.1 Å². The molecule has 0 atom stereocenters. The maximum atomic E-state index is 14.2. The standard InChI is InChI=1S/C21H22F2/c1-3-4-5-6-7-19-14-16(2)18(15-21(19)23)11-8-17-9-12-20(22)13-10-17/h9-10,12-15H,3-7H2,1-2H3. The molecule has 0 nitrogen and oxygen atoms in total. The molecule has 0 aromatic heterocycles. The third-order valence-electron chi connectivity index (χ3n) is 3.88. The largest absolute Gasteiger partial charge is 0.207 e. The lowest BCUT2D eigenvalue weighted by atomic mass is 10.00. The van der Waals surface area contributed by atoms with Gasteiger partial charge in [-0.15, -0.1) is 0 Å². The van der Waals surface area contributed by atoms with Crippen molar-refractivity contribution in [2.45, 2.75) is 46.0 Å². The Balaban J connectivity index is 2.12. The minimum atomic E-state index is -0.287. The molecule has 2 heteroatoms. The highest BCUT2D eigenvalue weighted by molar-refractivity contribution is 5.47. The van der Waals surface area contributed by atoms with E-state index in [2.05, 4.69) is 18.8 Å². The van der Waals surface area contributed by atoms with E-state index >= 15 is 0 Å². The maximum absolute atomic E-state index is 14.2. The lowest BCUT2D eigenvalue weighted by Crippen LogP contribution is -1.95. The number of unbranched alkanes of at least 4 members (excludes halogenated alkanes) is 3. The molecule has 0 spiro atoms. The lowest BCUT2D eigenvalue weighted by Gasteiger charge is -2.07. The second kappa shape index (κ2) is 8.48. The Morgan fingerprint density at radius 2 is 1.65 bits per heavy atom. The molecule has 2 rings (SSSR count). The first-order valence-electron chi connectivity index (χ1n) is 8.16. The monoisotopic (exact) mass is 312 g/mol. The van der Waals surface area contributed by atoms with Gasteiger partial charge >= 0.3 is 0 Å². The van der Waals surface area contributed by atoms with Gasteiger partial charge in [0.1, 0.15) is 11.6 Å². The molecule has 0 bridgehead atoms. The van der Waals surface area contributed by atoms with Gasteiger partial charge in [-0.25, -0.2) is 8.78 Å². The van der Waals surface area contributed by atoms with E-state index in [1.165, 1.54) is 31.0 Å². The number of halogens is 2. The van der Waals surface area contributed by atoms with Crippen molar-refractivity contribution in [1.82, 2.24) is 0 Å². The first-order chi connectivity index (χ1) is 11.1. The summed E-state index contributed by atoms with van der Waals surface area (Å²) in [5.74, 6) is 5.46. The van der Waals surface area contributed by atoms with Gasteiger partial charge in [-0.1, -0.05) is 44.1 Å². The minimum absolute atomic E-state index is 0.185. The van der Waals surface area contributed by atoms with E-state index < -0.39 is 0 Å². The zero-order valence-electron chi connectivity index (χ0n) is 13.8. The van der Waals surface area contributed by atoms with E-state index in [9.17, 15) is 8.78 Å². The van der Waals surface area contributed by atoms with Crippen LogP contribution in [0, 0.1) is 30.4 Å². The summed E-state index contributed by atoms with van der Waals surface area (Å²) in [5.41, 5.74) is 3.15. The Labute approximate surface area is 137 Å². The molecule has 0 aliphatic heterocycles. The Hall–Kier alpha value is -2.14. The van der Waals surface area contributed by atoms with Gasteiger partial charge in [-0.05, 0) is 61.2 Å². The summed E-state index contributed by atoms with van der Waals surface area (Å²) in [4.78, 5) is 0. The summed E-state index contributed by atoms with van der Waals surface area (Å²) in [6, 6.07) is 9.40. The number of hydrogen-bond donors (Lipinski definition) is 0. The molecule has 0 heterocycles. The fourth-order valence-corrected chi connectivity index (χ4v) is 2.48. The van der Waals surface area contributed by atoms with Crippen molar-refractivity contribution in [2.24, 2.45) is 0 Å². The molecule has 0 aliphatic carbocycles. The van der Waals surface area contributed by atoms with Crippen molar-refractivity contribution in [3.8, 4) is 11.8 Å². The van der Waals surface area contributed by atoms with E-state index in [-0.39, 0.29) is 11.6 Å². The molecule has 0 saturated heterocycles. The maximum Gasteiger partial charge on any atom is 0.127 e. The van der Waals surface area contributed by atoms with Crippen LogP contribution in [0.25, 0.3) is 0 Å². The molecule has 0 aliphatic rings. The summed E-state index contributed by atoms with van der Waals surface area (Å²) in [5, 5.41) is 0. The number of benzene rings is 2. The highest BCUT2D eigenvalue weighted by atomic mass is 19.1. The van der Waals surface area contributed by atoms with Gasteiger partial charge in [0.2, 0.25) is 0 Å². The average molecular weight is 312 g/mol. The summed E-state index contributed by atoms with van der Waals surface area (Å²) < 4.78 is 27.1. The van der Waals surface area contributed by atoms with E-state index in [1.807, 2.05) is 13.0 Å². The zero-order valence-corrected chi connectivity index (χ0v) is 13.8. The fraction of sp³-hybridized carbons (Fsp3) is 0.333. The Morgan fingerprint density at radius 1 is 0.913 bits per heavy atom. The van der Waals surface area contributed by atoms with Crippen LogP contribution in [0.2, 0.25) is 0 Å². The molecule has 0 N–H and O–H groups in total. The molecule has 0 saturated carbocycles. The van der Waals surface area contributed by atoms with Crippen molar-refractivity contribution < 1.29 is 8.78 Å². The quantitative estimate of drug-likeness (QED) is 0.484. The normalized spacial score (nSPS) is 10.3. The molecular weight excluding hydrogens is 290 g/mol. The highest BCUT2D eigenvalue weighted by Crippen LogP contribution is 2.18. The third-order valence-corrected chi connectivity index (χ3v) is 3.88. The van der Waals surface area contributed by atoms with Gasteiger partial charge in [0.15, 0.2) is 0 Å². The summed E-state index contributed by atoms with van der Waals surface area (Å²) in [6.45, 7) is 4.11. The van der Waals surface area contributed by atoms with Crippen LogP contribution in [0.3, 0.4) is 0 Å². The van der Waals surface area contributed by atoms with Gasteiger partial charge in [-0.3, -0.25) is 0 Å². The number of hydrogen-bond acceptors (Lipinski definition) is 0. The van der Waals surface area contributed by atoms with Crippen molar-refractivity contribution in [3.63, 3.8) is 0 Å². The second-order valence-electron chi connectivity index (χ2n) is 5.83. The van der Waals surface area contributed by atoms with E-state index in [0.29, 0.717) is 5.56 Å². The molecule has 0 fully saturated rings. The molecule has 2 aromatic carbocycles. The fourth-order valence-electron chi connectivity index (χ4n) is 2.48. The van der Waals surface area contributed by atoms with Crippen molar-refractivity contribution in [2.75, 3.05) is 0 Å². The van der Waals surface area contributed by atoms with Crippen LogP contribution < -0.4 is 0 Å². The Bertz CT molecular complexity index is 703. The summed E-state index contributed by atoms with van der Waals surface area (Å²) in [6.07, 6.45) is 5.31. The molecule has 0 amide bonds. The van der Waals surface area contributed by atoms with Crippen molar-refractivity contribution in [3.05, 3.63) is 70.3 Å². The van der Waals surface area contributed by atoms with Crippen LogP contribution in [0.4, 0.5) is 8.78 Å². The summed E-state index contributed by atoms with van der Waals surface area (Å²) >= 11 is 0. The van der Waals surface area contributed by atoms with Crippen LogP contribution >= 0.6 is 0 Å². The van der Waals surface area contributed by atoms with E-state index in [1.54, 1.807) is 12.1 Å². The van der Waals surface area contributed by atoms with Crippen LogP contribution in [-0.2, 0) is 6.42 Å². The lowest BCUT2D eigenvalue weighted by molar-refractivity contribution is 0.593. The van der Waals surface area contributed by atoms with Gasteiger partial charge in [0.05, 0.1) is 0 Å². The van der Waals surface area contributed by atoms with Crippen LogP contribution in [0.1, 0.15) is 54.9 Å². The zero-order chi connectivity index (χ0) is 16.7. The minimum Gasteiger partial charge on any atom is -0.207 e. The van der Waals surface area contributed by atoms with Gasteiger partial charge in [-0.2, -0.15) is 0 Å². The second-order valence-corrected chi connectivity index (χ2v) is 5.83. The van der Waals surface area contributed by atoms with Crippen molar-refractivity contribution in [1.29, 1.82) is 0 Å². The first kappa shape index (κ1) is 17.2. The van der Waals surface area contributed by atoms with Crippen LogP contribution in [0.5, 0.6) is 0 Å². The number of aryl methyl sites for hydroxylation is 2. The third kappa shape index (κ3) is 5.21. The molecule has 120 valence electrons. The smallest absolute Gasteiger partial charge is 0.127 e. The van der Waals surface area contributed by atoms with E-state index in [0.717, 1.165) is 36.0 Å². The molecular formula is C21H22F2. The summed E-state index contributed by atoms with van der Waals surface area (Å²) in [7, 11) is 0. The van der Waals surface area contributed by atoms with Gasteiger partial charge in [0.25, 0.3) is 0 Å². The topological polar surface area (TPSA) is 0 Å².